The molecule has 11 heteroatoms. The molecule has 2 aromatic rings. The number of amides is 2. The minimum Gasteiger partial charge on any atom is -0.377 e. The topological polar surface area (TPSA) is 122 Å². The number of pyridine rings is 1. The van der Waals surface area contributed by atoms with Gasteiger partial charge in [0.1, 0.15) is 17.5 Å². The summed E-state index contributed by atoms with van der Waals surface area (Å²) >= 11 is 0. The van der Waals surface area contributed by atoms with Gasteiger partial charge in [0.2, 0.25) is 11.9 Å². The van der Waals surface area contributed by atoms with Crippen molar-refractivity contribution >= 4 is 35.2 Å². The molecule has 2 aliphatic rings. The zero-order valence-corrected chi connectivity index (χ0v) is 19.1. The monoisotopic (exact) mass is 455 g/mol. The van der Waals surface area contributed by atoms with Crippen LogP contribution in [0.15, 0.2) is 24.4 Å². The van der Waals surface area contributed by atoms with Gasteiger partial charge in [-0.1, -0.05) is 0 Å². The highest BCUT2D eigenvalue weighted by molar-refractivity contribution is 6.03. The molecule has 2 fully saturated rings. The Bertz CT molecular complexity index is 960. The number of carbonyl (C=O) groups excluding carboxylic acids is 2. The molecule has 0 unspecified atom stereocenters. The maximum atomic E-state index is 12.9. The second-order valence-corrected chi connectivity index (χ2v) is 8.21. The molecular formula is C22H29N7O4. The smallest absolute Gasteiger partial charge is 0.259 e. The number of aromatic nitrogens is 3. The molecule has 2 saturated heterocycles. The lowest BCUT2D eigenvalue weighted by molar-refractivity contribution is -0.114. The van der Waals surface area contributed by atoms with E-state index in [9.17, 15) is 9.59 Å². The Balaban J connectivity index is 1.60. The lowest BCUT2D eigenvalue weighted by atomic mass is 10.2. The molecule has 0 bridgehead atoms. The quantitative estimate of drug-likeness (QED) is 0.691. The van der Waals surface area contributed by atoms with Crippen LogP contribution in [0.1, 0.15) is 31.1 Å². The predicted molar refractivity (Wildman–Crippen MR) is 124 cm³/mol. The van der Waals surface area contributed by atoms with Crippen LogP contribution in [0.4, 0.5) is 23.4 Å². The van der Waals surface area contributed by atoms with Gasteiger partial charge < -0.3 is 24.6 Å². The summed E-state index contributed by atoms with van der Waals surface area (Å²) in [6.07, 6.45) is 1.40. The summed E-state index contributed by atoms with van der Waals surface area (Å²) in [7, 11) is 0. The molecule has 2 aliphatic heterocycles. The first-order chi connectivity index (χ1) is 15.9. The van der Waals surface area contributed by atoms with E-state index < -0.39 is 0 Å². The van der Waals surface area contributed by atoms with Crippen molar-refractivity contribution in [3.63, 3.8) is 0 Å². The van der Waals surface area contributed by atoms with E-state index in [1.807, 2.05) is 6.07 Å². The maximum absolute atomic E-state index is 12.9. The van der Waals surface area contributed by atoms with E-state index >= 15 is 0 Å². The van der Waals surface area contributed by atoms with Gasteiger partial charge in [-0.05, 0) is 26.0 Å². The molecule has 0 aromatic carbocycles. The Morgan fingerprint density at radius 1 is 0.970 bits per heavy atom. The number of morpholine rings is 2. The van der Waals surface area contributed by atoms with Crippen LogP contribution in [0.2, 0.25) is 0 Å². The van der Waals surface area contributed by atoms with Crippen molar-refractivity contribution in [2.45, 2.75) is 32.9 Å². The first-order valence-corrected chi connectivity index (χ1v) is 11.0. The molecule has 11 nitrogen and oxygen atoms in total. The minimum atomic E-state index is -0.384. The Kier molecular flexibility index (Phi) is 6.99. The number of anilines is 4. The van der Waals surface area contributed by atoms with Crippen molar-refractivity contribution in [3.05, 3.63) is 30.0 Å². The Morgan fingerprint density at radius 3 is 2.06 bits per heavy atom. The van der Waals surface area contributed by atoms with E-state index in [1.54, 1.807) is 12.1 Å². The number of hydrogen-bond acceptors (Lipinski definition) is 9. The third kappa shape index (κ3) is 5.55. The third-order valence-corrected chi connectivity index (χ3v) is 5.58. The van der Waals surface area contributed by atoms with E-state index in [1.165, 1.54) is 13.1 Å². The zero-order valence-electron chi connectivity index (χ0n) is 19.1. The summed E-state index contributed by atoms with van der Waals surface area (Å²) < 4.78 is 11.1. The summed E-state index contributed by atoms with van der Waals surface area (Å²) in [6, 6.07) is 5.43. The Labute approximate surface area is 192 Å². The molecule has 4 heterocycles. The molecule has 2 amide bonds. The first-order valence-electron chi connectivity index (χ1n) is 11.0. The SMILES string of the molecule is CC(=O)Nc1ccc(C(=O)Nc2nc(N3CCOC[C@@H]3C)cc(N3CCOC[C@@H]3C)n2)cn1. The predicted octanol–water partition coefficient (Wildman–Crippen LogP) is 1.53. The van der Waals surface area contributed by atoms with Crippen LogP contribution in [0.3, 0.4) is 0 Å². The van der Waals surface area contributed by atoms with Gasteiger partial charge in [-0.15, -0.1) is 0 Å². The first kappa shape index (κ1) is 22.9. The summed E-state index contributed by atoms with van der Waals surface area (Å²) in [6.45, 7) is 9.43. The largest absolute Gasteiger partial charge is 0.377 e. The van der Waals surface area contributed by atoms with Gasteiger partial charge in [-0.3, -0.25) is 14.9 Å². The number of hydrogen-bond donors (Lipinski definition) is 2. The van der Waals surface area contributed by atoms with E-state index in [-0.39, 0.29) is 29.8 Å². The van der Waals surface area contributed by atoms with Crippen LogP contribution >= 0.6 is 0 Å². The second-order valence-electron chi connectivity index (χ2n) is 8.21. The summed E-state index contributed by atoms with van der Waals surface area (Å²) in [5.74, 6) is 1.46. The highest BCUT2D eigenvalue weighted by atomic mass is 16.5. The molecule has 4 rings (SSSR count). The third-order valence-electron chi connectivity index (χ3n) is 5.58. The number of rotatable bonds is 5. The van der Waals surface area contributed by atoms with Gasteiger partial charge in [0.25, 0.3) is 5.91 Å². The fourth-order valence-corrected chi connectivity index (χ4v) is 3.86. The Hall–Kier alpha value is -3.31. The van der Waals surface area contributed by atoms with Gasteiger partial charge in [-0.2, -0.15) is 9.97 Å². The molecule has 0 spiro atoms. The van der Waals surface area contributed by atoms with Crippen LogP contribution in [0.5, 0.6) is 0 Å². The lowest BCUT2D eigenvalue weighted by Crippen LogP contribution is -2.46. The number of ether oxygens (including phenoxy) is 2. The average molecular weight is 456 g/mol. The van der Waals surface area contributed by atoms with Crippen LogP contribution in [-0.2, 0) is 14.3 Å². The molecule has 0 radical (unpaired) electrons. The molecule has 0 saturated carbocycles. The van der Waals surface area contributed by atoms with E-state index in [0.29, 0.717) is 50.9 Å². The highest BCUT2D eigenvalue weighted by Gasteiger charge is 2.26. The Morgan fingerprint density at radius 2 is 1.58 bits per heavy atom. The average Bonchev–Trinajstić information content (AvgIpc) is 2.79. The van der Waals surface area contributed by atoms with Crippen LogP contribution in [-0.4, -0.2) is 78.4 Å². The number of nitrogens with zero attached hydrogens (tertiary/aromatic N) is 5. The van der Waals surface area contributed by atoms with Crippen molar-refractivity contribution in [2.24, 2.45) is 0 Å². The summed E-state index contributed by atoms with van der Waals surface area (Å²) in [4.78, 5) is 41.8. The van der Waals surface area contributed by atoms with E-state index in [0.717, 1.165) is 11.6 Å². The van der Waals surface area contributed by atoms with Crippen molar-refractivity contribution in [2.75, 3.05) is 60.0 Å². The number of nitrogens with one attached hydrogen (secondary N) is 2. The molecule has 33 heavy (non-hydrogen) atoms. The van der Waals surface area contributed by atoms with E-state index in [2.05, 4.69) is 49.2 Å². The minimum absolute atomic E-state index is 0.151. The molecule has 2 N–H and O–H groups in total. The molecule has 2 atom stereocenters. The van der Waals surface area contributed by atoms with Crippen LogP contribution in [0.25, 0.3) is 0 Å². The number of carbonyl (C=O) groups is 2. The van der Waals surface area contributed by atoms with Gasteiger partial charge in [-0.25, -0.2) is 4.98 Å². The fraction of sp³-hybridized carbons (Fsp3) is 0.500. The standard InChI is InChI=1S/C22H29N7O4/c1-14-12-32-8-6-28(14)19-10-20(29-7-9-33-13-15(29)2)26-22(25-19)27-21(31)17-4-5-18(23-11-17)24-16(3)30/h4-5,10-11,14-15H,6-9,12-13H2,1-3H3,(H,23,24,30)(H,25,26,27,31)/t14-,15-/m0/s1. The van der Waals surface area contributed by atoms with Gasteiger partial charge >= 0.3 is 0 Å². The summed E-state index contributed by atoms with van der Waals surface area (Å²) in [5.41, 5.74) is 0.333. The van der Waals surface area contributed by atoms with Crippen molar-refractivity contribution in [3.8, 4) is 0 Å². The van der Waals surface area contributed by atoms with Gasteiger partial charge in [0.15, 0.2) is 0 Å². The van der Waals surface area contributed by atoms with Crippen molar-refractivity contribution < 1.29 is 19.1 Å². The molecule has 176 valence electrons. The maximum Gasteiger partial charge on any atom is 0.259 e. The zero-order chi connectivity index (χ0) is 23.4. The van der Waals surface area contributed by atoms with Gasteiger partial charge in [0.05, 0.1) is 44.1 Å². The molecule has 0 aliphatic carbocycles. The van der Waals surface area contributed by atoms with Crippen LogP contribution in [0, 0.1) is 0 Å². The highest BCUT2D eigenvalue weighted by Crippen LogP contribution is 2.26. The van der Waals surface area contributed by atoms with Crippen molar-refractivity contribution in [1.29, 1.82) is 0 Å². The molecule has 2 aromatic heterocycles. The van der Waals surface area contributed by atoms with Gasteiger partial charge in [0, 0.05) is 32.3 Å². The van der Waals surface area contributed by atoms with Crippen LogP contribution < -0.4 is 20.4 Å². The fourth-order valence-electron chi connectivity index (χ4n) is 3.86. The summed E-state index contributed by atoms with van der Waals surface area (Å²) in [5, 5.41) is 5.38. The molecular weight excluding hydrogens is 426 g/mol. The second kappa shape index (κ2) is 10.1. The lowest BCUT2D eigenvalue weighted by Gasteiger charge is -2.37. The normalized spacial score (nSPS) is 20.9. The van der Waals surface area contributed by atoms with Crippen molar-refractivity contribution in [1.82, 2.24) is 15.0 Å². The van der Waals surface area contributed by atoms with E-state index in [4.69, 9.17) is 9.47 Å².